The van der Waals surface area contributed by atoms with E-state index in [1.54, 1.807) is 12.1 Å². The molecule has 0 aliphatic carbocycles. The number of hydrogen-bond acceptors (Lipinski definition) is 4. The first kappa shape index (κ1) is 23.5. The fourth-order valence-corrected chi connectivity index (χ4v) is 6.85. The zero-order valence-corrected chi connectivity index (χ0v) is 26.5. The number of benzene rings is 7. The van der Waals surface area contributed by atoms with E-state index in [1.807, 2.05) is 66.7 Å². The van der Waals surface area contributed by atoms with E-state index >= 15 is 0 Å². The van der Waals surface area contributed by atoms with Gasteiger partial charge >= 0.3 is 0 Å². The second-order valence-electron chi connectivity index (χ2n) is 12.1. The molecule has 10 rings (SSSR count). The first-order chi connectivity index (χ1) is 26.9. The number of aromatic nitrogens is 4. The highest BCUT2D eigenvalue weighted by Gasteiger charge is 2.17. The van der Waals surface area contributed by atoms with Crippen molar-refractivity contribution in [1.29, 1.82) is 0 Å². The smallest absolute Gasteiger partial charge is 0.164 e. The minimum absolute atomic E-state index is 0.0913. The van der Waals surface area contributed by atoms with Gasteiger partial charge in [-0.1, -0.05) is 133 Å². The van der Waals surface area contributed by atoms with E-state index in [0.717, 1.165) is 38.6 Å². The fourth-order valence-electron chi connectivity index (χ4n) is 6.85. The Kier molecular flexibility index (Phi) is 5.35. The molecule has 0 unspecified atom stereocenters. The van der Waals surface area contributed by atoms with Crippen LogP contribution in [0, 0.1) is 0 Å². The van der Waals surface area contributed by atoms with Crippen molar-refractivity contribution >= 4 is 43.7 Å². The highest BCUT2D eigenvalue weighted by Crippen LogP contribution is 2.38. The van der Waals surface area contributed by atoms with E-state index in [0.29, 0.717) is 39.8 Å². The van der Waals surface area contributed by atoms with E-state index in [9.17, 15) is 0 Å². The van der Waals surface area contributed by atoms with Crippen molar-refractivity contribution < 1.29 is 11.3 Å². The molecular formula is C45H28N4O. The average Bonchev–Trinajstić information content (AvgIpc) is 3.78. The second-order valence-corrected chi connectivity index (χ2v) is 12.1. The van der Waals surface area contributed by atoms with Gasteiger partial charge in [-0.05, 0) is 42.0 Å². The summed E-state index contributed by atoms with van der Waals surface area (Å²) in [6, 6.07) is 44.2. The Morgan fingerprint density at radius 1 is 0.460 bits per heavy atom. The molecule has 0 spiro atoms. The van der Waals surface area contributed by atoms with E-state index in [1.165, 1.54) is 10.8 Å². The molecule has 0 amide bonds. The Morgan fingerprint density at radius 2 is 1.06 bits per heavy atom. The van der Waals surface area contributed by atoms with Crippen molar-refractivity contribution in [1.82, 2.24) is 19.5 Å². The summed E-state index contributed by atoms with van der Waals surface area (Å²) in [5.74, 6) is 1.50. The van der Waals surface area contributed by atoms with Crippen LogP contribution in [0.1, 0.15) is 6.85 Å². The van der Waals surface area contributed by atoms with E-state index in [2.05, 4.69) is 65.2 Å². The van der Waals surface area contributed by atoms with Crippen LogP contribution >= 0.6 is 0 Å². The normalized spacial score (nSPS) is 13.0. The summed E-state index contributed by atoms with van der Waals surface area (Å²) in [4.78, 5) is 15.0. The summed E-state index contributed by atoms with van der Waals surface area (Å²) in [7, 11) is 0. The van der Waals surface area contributed by atoms with Crippen LogP contribution in [0.25, 0.3) is 94.7 Å². The lowest BCUT2D eigenvalue weighted by molar-refractivity contribution is 0.670. The highest BCUT2D eigenvalue weighted by atomic mass is 16.3. The van der Waals surface area contributed by atoms with Crippen molar-refractivity contribution in [2.75, 3.05) is 0 Å². The lowest BCUT2D eigenvalue weighted by Gasteiger charge is -2.11. The third kappa shape index (κ3) is 4.60. The molecule has 0 saturated carbocycles. The number of nitrogens with zero attached hydrogens (tertiary/aromatic N) is 4. The van der Waals surface area contributed by atoms with Crippen molar-refractivity contribution in [3.8, 4) is 51.0 Å². The van der Waals surface area contributed by atoms with Gasteiger partial charge in [0, 0.05) is 49.5 Å². The maximum atomic E-state index is 8.60. The lowest BCUT2D eigenvalue weighted by Crippen LogP contribution is -2.01. The predicted molar refractivity (Wildman–Crippen MR) is 203 cm³/mol. The standard InChI is InChI=1S/C45H28N4O/c1-3-13-29(14-4-1)34-21-12-22-38-37-26-25-32(28-41(37)50-42(34)38)45-47-43(30-15-5-2-6-16-30)46-44(48-45)31-17-11-18-33(27-31)49-39-23-9-7-19-35(39)36-20-8-10-24-40(36)49/h1-28H/i1D,3D,4D,13D,14D. The van der Waals surface area contributed by atoms with Gasteiger partial charge in [-0.25, -0.2) is 15.0 Å². The van der Waals surface area contributed by atoms with E-state index in [-0.39, 0.29) is 17.6 Å². The number of hydrogen-bond donors (Lipinski definition) is 0. The summed E-state index contributed by atoms with van der Waals surface area (Å²) >= 11 is 0. The molecule has 7 aromatic carbocycles. The molecule has 0 radical (unpaired) electrons. The summed E-state index contributed by atoms with van der Waals surface area (Å²) in [5.41, 5.74) is 7.06. The Labute approximate surface area is 294 Å². The average molecular weight is 646 g/mol. The SMILES string of the molecule is [2H]c1c([2H])c([2H])c(-c2cccc3c2oc2cc(-c4nc(-c5ccccc5)nc(-c5cccc(-n6c7ccccc7c7ccccc76)c5)n4)ccc23)c([2H])c1[2H]. The van der Waals surface area contributed by atoms with Gasteiger partial charge in [0.05, 0.1) is 17.9 Å². The Morgan fingerprint density at radius 3 is 1.80 bits per heavy atom. The van der Waals surface area contributed by atoms with E-state index in [4.69, 9.17) is 26.2 Å². The first-order valence-corrected chi connectivity index (χ1v) is 16.3. The van der Waals surface area contributed by atoms with Gasteiger partial charge in [-0.15, -0.1) is 0 Å². The first-order valence-electron chi connectivity index (χ1n) is 18.8. The molecule has 234 valence electrons. The molecule has 3 aromatic heterocycles. The van der Waals surface area contributed by atoms with Gasteiger partial charge in [0.1, 0.15) is 11.2 Å². The van der Waals surface area contributed by atoms with E-state index < -0.39 is 18.1 Å². The van der Waals surface area contributed by atoms with Crippen LogP contribution in [-0.2, 0) is 0 Å². The van der Waals surface area contributed by atoms with Gasteiger partial charge in [0.15, 0.2) is 17.5 Å². The molecule has 0 aliphatic rings. The minimum atomic E-state index is -0.440. The second kappa shape index (κ2) is 11.4. The number of fused-ring (bicyclic) bond motifs is 6. The molecule has 0 saturated heterocycles. The largest absolute Gasteiger partial charge is 0.455 e. The minimum Gasteiger partial charge on any atom is -0.455 e. The maximum absolute atomic E-state index is 8.60. The molecule has 0 fully saturated rings. The fraction of sp³-hybridized carbons (Fsp3) is 0. The monoisotopic (exact) mass is 645 g/mol. The molecule has 0 bridgehead atoms. The molecule has 5 heteroatoms. The topological polar surface area (TPSA) is 56.7 Å². The summed E-state index contributed by atoms with van der Waals surface area (Å²) < 4.78 is 50.5. The summed E-state index contributed by atoms with van der Waals surface area (Å²) in [6.07, 6.45) is 0. The molecule has 3 heterocycles. The Bertz CT molecular complexity index is 3090. The van der Waals surface area contributed by atoms with Gasteiger partial charge in [0.2, 0.25) is 0 Å². The molecule has 50 heavy (non-hydrogen) atoms. The van der Waals surface area contributed by atoms with Crippen LogP contribution in [0.5, 0.6) is 0 Å². The molecule has 0 aliphatic heterocycles. The molecule has 5 nitrogen and oxygen atoms in total. The van der Waals surface area contributed by atoms with Gasteiger partial charge in [-0.2, -0.15) is 0 Å². The van der Waals surface area contributed by atoms with Gasteiger partial charge < -0.3 is 8.98 Å². The molecule has 0 atom stereocenters. The Hall–Kier alpha value is -6.85. The summed E-state index contributed by atoms with van der Waals surface area (Å²) in [6.45, 7) is 0. The maximum Gasteiger partial charge on any atom is 0.164 e. The predicted octanol–water partition coefficient (Wildman–Crippen LogP) is 11.5. The third-order valence-corrected chi connectivity index (χ3v) is 9.14. The molecule has 10 aromatic rings. The lowest BCUT2D eigenvalue weighted by atomic mass is 10.0. The van der Waals surface area contributed by atoms with Gasteiger partial charge in [0.25, 0.3) is 0 Å². The third-order valence-electron chi connectivity index (χ3n) is 9.14. The Balaban J connectivity index is 1.14. The van der Waals surface area contributed by atoms with Crippen molar-refractivity contribution in [3.05, 3.63) is 170 Å². The van der Waals surface area contributed by atoms with Crippen LogP contribution in [0.4, 0.5) is 0 Å². The highest BCUT2D eigenvalue weighted by molar-refractivity contribution is 6.11. The van der Waals surface area contributed by atoms with Gasteiger partial charge in [-0.3, -0.25) is 0 Å². The quantitative estimate of drug-likeness (QED) is 0.187. The number of furan rings is 1. The van der Waals surface area contributed by atoms with Crippen LogP contribution in [-0.4, -0.2) is 19.5 Å². The zero-order valence-electron chi connectivity index (χ0n) is 31.5. The summed E-state index contributed by atoms with van der Waals surface area (Å²) in [5, 5.41) is 3.93. The molecule has 0 N–H and O–H groups in total. The van der Waals surface area contributed by atoms with Crippen LogP contribution in [0.2, 0.25) is 0 Å². The zero-order chi connectivity index (χ0) is 37.4. The number of rotatable bonds is 5. The van der Waals surface area contributed by atoms with Crippen LogP contribution in [0.15, 0.2) is 174 Å². The van der Waals surface area contributed by atoms with Crippen LogP contribution in [0.3, 0.4) is 0 Å². The van der Waals surface area contributed by atoms with Crippen molar-refractivity contribution in [3.63, 3.8) is 0 Å². The molecular weight excluding hydrogens is 613 g/mol. The number of para-hydroxylation sites is 3. The van der Waals surface area contributed by atoms with Crippen LogP contribution < -0.4 is 0 Å². The van der Waals surface area contributed by atoms with Crippen molar-refractivity contribution in [2.45, 2.75) is 0 Å². The van der Waals surface area contributed by atoms with Crippen molar-refractivity contribution in [2.24, 2.45) is 0 Å².